The predicted molar refractivity (Wildman–Crippen MR) is 60.9 cm³/mol. The molecule has 1 fully saturated rings. The molecule has 0 aromatic carbocycles. The van der Waals surface area contributed by atoms with E-state index in [2.05, 4.69) is 6.58 Å². The molecule has 1 saturated heterocycles. The van der Waals surface area contributed by atoms with Gasteiger partial charge in [0.2, 0.25) is 0 Å². The molecule has 0 radical (unpaired) electrons. The number of aliphatic hydroxyl groups is 2. The van der Waals surface area contributed by atoms with Crippen LogP contribution in [0.4, 0.5) is 0 Å². The smallest absolute Gasteiger partial charge is 0.184 e. The molecule has 0 bridgehead atoms. The fraction of sp³-hybridized carbons (Fsp3) is 0.833. The van der Waals surface area contributed by atoms with E-state index in [1.165, 1.54) is 0 Å². The van der Waals surface area contributed by atoms with Gasteiger partial charge in [0, 0.05) is 6.42 Å². The number of rotatable bonds is 5. The highest BCUT2D eigenvalue weighted by Crippen LogP contribution is 2.22. The third-order valence-corrected chi connectivity index (χ3v) is 2.83. The monoisotopic (exact) mass is 230 g/mol. The average Bonchev–Trinajstić information content (AvgIpc) is 2.23. The van der Waals surface area contributed by atoms with Crippen molar-refractivity contribution in [2.24, 2.45) is 0 Å². The zero-order chi connectivity index (χ0) is 12.1. The number of aliphatic hydroxyl groups excluding tert-OH is 2. The first kappa shape index (κ1) is 13.6. The van der Waals surface area contributed by atoms with Gasteiger partial charge in [-0.2, -0.15) is 0 Å². The summed E-state index contributed by atoms with van der Waals surface area (Å²) >= 11 is 0. The summed E-state index contributed by atoms with van der Waals surface area (Å²) in [6.07, 6.45) is 1.61. The summed E-state index contributed by atoms with van der Waals surface area (Å²) in [4.78, 5) is 0. The highest BCUT2D eigenvalue weighted by Gasteiger charge is 2.35. The first-order valence-corrected chi connectivity index (χ1v) is 5.82. The van der Waals surface area contributed by atoms with Crippen molar-refractivity contribution < 1.29 is 19.7 Å². The maximum Gasteiger partial charge on any atom is 0.184 e. The van der Waals surface area contributed by atoms with Gasteiger partial charge in [-0.05, 0) is 26.7 Å². The van der Waals surface area contributed by atoms with Crippen molar-refractivity contribution in [2.45, 2.75) is 63.8 Å². The zero-order valence-electron chi connectivity index (χ0n) is 10.0. The van der Waals surface area contributed by atoms with Gasteiger partial charge in [0.15, 0.2) is 6.29 Å². The Bertz CT molecular complexity index is 219. The van der Waals surface area contributed by atoms with Gasteiger partial charge in [0.1, 0.15) is 6.10 Å². The molecule has 0 aliphatic carbocycles. The van der Waals surface area contributed by atoms with Crippen molar-refractivity contribution in [1.82, 2.24) is 0 Å². The Kier molecular flexibility index (Phi) is 5.41. The molecule has 0 aromatic rings. The minimum atomic E-state index is -0.752. The summed E-state index contributed by atoms with van der Waals surface area (Å²) in [5.41, 5.74) is 0. The van der Waals surface area contributed by atoms with Crippen LogP contribution in [0.2, 0.25) is 0 Å². The van der Waals surface area contributed by atoms with Crippen LogP contribution in [0.1, 0.15) is 33.1 Å². The second-order valence-electron chi connectivity index (χ2n) is 4.39. The molecule has 0 saturated carbocycles. The lowest BCUT2D eigenvalue weighted by molar-refractivity contribution is -0.273. The Balaban J connectivity index is 2.38. The number of hydrogen-bond acceptors (Lipinski definition) is 4. The molecular weight excluding hydrogens is 208 g/mol. The van der Waals surface area contributed by atoms with Crippen LogP contribution >= 0.6 is 0 Å². The van der Waals surface area contributed by atoms with Crippen molar-refractivity contribution >= 4 is 0 Å². The lowest BCUT2D eigenvalue weighted by Crippen LogP contribution is -2.48. The number of hydrogen-bond donors (Lipinski definition) is 2. The van der Waals surface area contributed by atoms with Crippen LogP contribution in [0.3, 0.4) is 0 Å². The molecule has 0 amide bonds. The van der Waals surface area contributed by atoms with Gasteiger partial charge in [-0.3, -0.25) is 0 Å². The lowest BCUT2D eigenvalue weighted by atomic mass is 10.0. The maximum absolute atomic E-state index is 9.70. The zero-order valence-corrected chi connectivity index (χ0v) is 10.0. The third-order valence-electron chi connectivity index (χ3n) is 2.83. The molecule has 1 heterocycles. The summed E-state index contributed by atoms with van der Waals surface area (Å²) in [7, 11) is 0. The Labute approximate surface area is 96.9 Å². The van der Waals surface area contributed by atoms with E-state index in [1.54, 1.807) is 6.92 Å². The molecule has 2 unspecified atom stereocenters. The SMILES string of the molecule is C=CCC[C@@H](C)OC1O[C@@H](C)C(O)C[C@H]1O. The van der Waals surface area contributed by atoms with Crippen molar-refractivity contribution in [1.29, 1.82) is 0 Å². The van der Waals surface area contributed by atoms with Gasteiger partial charge in [0.05, 0.1) is 18.3 Å². The second kappa shape index (κ2) is 6.35. The molecular formula is C12H22O4. The Morgan fingerprint density at radius 2 is 2.19 bits per heavy atom. The van der Waals surface area contributed by atoms with Crippen LogP contribution in [0.15, 0.2) is 12.7 Å². The Morgan fingerprint density at radius 1 is 1.50 bits per heavy atom. The summed E-state index contributed by atoms with van der Waals surface area (Å²) < 4.78 is 11.0. The summed E-state index contributed by atoms with van der Waals surface area (Å²) in [5.74, 6) is 0. The molecule has 94 valence electrons. The van der Waals surface area contributed by atoms with Crippen LogP contribution < -0.4 is 0 Å². The molecule has 0 spiro atoms. The van der Waals surface area contributed by atoms with Gasteiger partial charge < -0.3 is 19.7 Å². The van der Waals surface area contributed by atoms with Crippen LogP contribution in [0, 0.1) is 0 Å². The first-order valence-electron chi connectivity index (χ1n) is 5.82. The number of allylic oxidation sites excluding steroid dienone is 1. The van der Waals surface area contributed by atoms with Gasteiger partial charge in [0.25, 0.3) is 0 Å². The van der Waals surface area contributed by atoms with E-state index in [9.17, 15) is 10.2 Å². The molecule has 0 aromatic heterocycles. The van der Waals surface area contributed by atoms with Crippen LogP contribution in [-0.2, 0) is 9.47 Å². The molecule has 4 heteroatoms. The average molecular weight is 230 g/mol. The highest BCUT2D eigenvalue weighted by atomic mass is 16.7. The molecule has 1 aliphatic heterocycles. The summed E-state index contributed by atoms with van der Waals surface area (Å²) in [5, 5.41) is 19.2. The fourth-order valence-corrected chi connectivity index (χ4v) is 1.72. The van der Waals surface area contributed by atoms with Crippen molar-refractivity contribution in [2.75, 3.05) is 0 Å². The van der Waals surface area contributed by atoms with Crippen molar-refractivity contribution in [3.63, 3.8) is 0 Å². The molecule has 2 N–H and O–H groups in total. The fourth-order valence-electron chi connectivity index (χ4n) is 1.72. The maximum atomic E-state index is 9.70. The topological polar surface area (TPSA) is 58.9 Å². The largest absolute Gasteiger partial charge is 0.390 e. The van der Waals surface area contributed by atoms with Gasteiger partial charge in [-0.1, -0.05) is 6.08 Å². The summed E-state index contributed by atoms with van der Waals surface area (Å²) in [6, 6.07) is 0. The van der Waals surface area contributed by atoms with E-state index in [0.29, 0.717) is 6.42 Å². The second-order valence-corrected chi connectivity index (χ2v) is 4.39. The van der Waals surface area contributed by atoms with E-state index in [1.807, 2.05) is 13.0 Å². The van der Waals surface area contributed by atoms with Gasteiger partial charge in [-0.15, -0.1) is 6.58 Å². The quantitative estimate of drug-likeness (QED) is 0.697. The number of ether oxygens (including phenoxy) is 2. The van der Waals surface area contributed by atoms with E-state index >= 15 is 0 Å². The van der Waals surface area contributed by atoms with Crippen LogP contribution in [-0.4, -0.2) is 40.9 Å². The predicted octanol–water partition coefficient (Wildman–Crippen LogP) is 1.21. The minimum Gasteiger partial charge on any atom is -0.390 e. The van der Waals surface area contributed by atoms with E-state index < -0.39 is 18.5 Å². The van der Waals surface area contributed by atoms with E-state index in [-0.39, 0.29) is 12.2 Å². The van der Waals surface area contributed by atoms with Gasteiger partial charge in [-0.25, -0.2) is 0 Å². The van der Waals surface area contributed by atoms with Crippen LogP contribution in [0.5, 0.6) is 0 Å². The first-order chi connectivity index (χ1) is 7.54. The highest BCUT2D eigenvalue weighted by molar-refractivity contribution is 4.79. The molecule has 16 heavy (non-hydrogen) atoms. The standard InChI is InChI=1S/C12H22O4/c1-4-5-6-8(2)15-12-11(14)7-10(13)9(3)16-12/h4,8-14H,1,5-7H2,2-3H3/t8-,9+,10?,11-,12?/m1/s1. The lowest BCUT2D eigenvalue weighted by Gasteiger charge is -2.36. The van der Waals surface area contributed by atoms with Crippen LogP contribution in [0.25, 0.3) is 0 Å². The van der Waals surface area contributed by atoms with Gasteiger partial charge >= 0.3 is 0 Å². The van der Waals surface area contributed by atoms with Crippen molar-refractivity contribution in [3.8, 4) is 0 Å². The van der Waals surface area contributed by atoms with E-state index in [0.717, 1.165) is 12.8 Å². The Hall–Kier alpha value is -0.420. The van der Waals surface area contributed by atoms with E-state index in [4.69, 9.17) is 9.47 Å². The Morgan fingerprint density at radius 3 is 2.81 bits per heavy atom. The minimum absolute atomic E-state index is 0.0140. The molecule has 1 aliphatic rings. The molecule has 4 nitrogen and oxygen atoms in total. The molecule has 5 atom stereocenters. The normalized spacial score (nSPS) is 37.0. The third kappa shape index (κ3) is 3.87. The van der Waals surface area contributed by atoms with Crippen molar-refractivity contribution in [3.05, 3.63) is 12.7 Å². The molecule has 1 rings (SSSR count). The summed E-state index contributed by atoms with van der Waals surface area (Å²) in [6.45, 7) is 7.37.